The van der Waals surface area contributed by atoms with Gasteiger partial charge in [0.2, 0.25) is 0 Å². The van der Waals surface area contributed by atoms with Crippen molar-refractivity contribution >= 4 is 11.8 Å². The lowest BCUT2D eigenvalue weighted by molar-refractivity contribution is 0.0636. The Bertz CT molecular complexity index is 882. The summed E-state index contributed by atoms with van der Waals surface area (Å²) < 4.78 is 7.07. The molecule has 1 heterocycles. The van der Waals surface area contributed by atoms with E-state index in [1.807, 2.05) is 81.6 Å². The number of nitrogens with one attached hydrogen (secondary N) is 1. The number of rotatable bonds is 4. The molecule has 0 radical (unpaired) electrons. The van der Waals surface area contributed by atoms with E-state index in [0.717, 1.165) is 16.8 Å². The molecule has 6 heteroatoms. The second-order valence-corrected chi connectivity index (χ2v) is 6.99. The van der Waals surface area contributed by atoms with Crippen molar-refractivity contribution in [3.05, 3.63) is 66.4 Å². The number of aromatic nitrogens is 3. The number of amides is 1. The fraction of sp³-hybridized carbons (Fsp3) is 0.250. The van der Waals surface area contributed by atoms with Crippen LogP contribution in [0.1, 0.15) is 26.3 Å². The third-order valence-corrected chi connectivity index (χ3v) is 3.53. The Morgan fingerprint density at radius 2 is 1.88 bits per heavy atom. The average Bonchev–Trinajstić information content (AvgIpc) is 3.03. The van der Waals surface area contributed by atoms with Crippen LogP contribution >= 0.6 is 0 Å². The molecule has 0 saturated carbocycles. The number of hydrogen-bond donors (Lipinski definition) is 1. The van der Waals surface area contributed by atoms with Crippen molar-refractivity contribution in [1.82, 2.24) is 15.0 Å². The van der Waals surface area contributed by atoms with Gasteiger partial charge in [-0.2, -0.15) is 0 Å². The fourth-order valence-corrected chi connectivity index (χ4v) is 2.46. The van der Waals surface area contributed by atoms with Gasteiger partial charge in [0.1, 0.15) is 11.3 Å². The zero-order valence-electron chi connectivity index (χ0n) is 15.1. The molecule has 1 amide bonds. The Hall–Kier alpha value is -3.15. The van der Waals surface area contributed by atoms with Crippen LogP contribution in [-0.4, -0.2) is 26.7 Å². The van der Waals surface area contributed by atoms with Crippen LogP contribution in [0.15, 0.2) is 60.8 Å². The maximum atomic E-state index is 11.9. The minimum atomic E-state index is -0.540. The zero-order chi connectivity index (χ0) is 18.6. The summed E-state index contributed by atoms with van der Waals surface area (Å²) in [7, 11) is 0. The first kappa shape index (κ1) is 17.7. The van der Waals surface area contributed by atoms with E-state index in [2.05, 4.69) is 15.6 Å². The number of benzene rings is 2. The molecule has 26 heavy (non-hydrogen) atoms. The molecule has 0 saturated heterocycles. The van der Waals surface area contributed by atoms with E-state index >= 15 is 0 Å². The predicted octanol–water partition coefficient (Wildman–Crippen LogP) is 4.34. The fourth-order valence-electron chi connectivity index (χ4n) is 2.46. The summed E-state index contributed by atoms with van der Waals surface area (Å²) in [5, 5.41) is 11.2. The lowest BCUT2D eigenvalue weighted by atomic mass is 10.1. The smallest absolute Gasteiger partial charge is 0.412 e. The molecule has 0 aliphatic heterocycles. The number of nitrogens with zero attached hydrogens (tertiary/aromatic N) is 3. The topological polar surface area (TPSA) is 69.0 Å². The Kier molecular flexibility index (Phi) is 5.02. The summed E-state index contributed by atoms with van der Waals surface area (Å²) in [6.07, 6.45) is 1.40. The summed E-state index contributed by atoms with van der Waals surface area (Å²) in [5.41, 5.74) is 2.88. The van der Waals surface area contributed by atoms with Crippen LogP contribution in [0.4, 0.5) is 10.5 Å². The summed E-state index contributed by atoms with van der Waals surface area (Å²) >= 11 is 0. The summed E-state index contributed by atoms with van der Waals surface area (Å²) in [6.45, 7) is 6.14. The molecule has 0 aliphatic carbocycles. The first-order chi connectivity index (χ1) is 12.4. The van der Waals surface area contributed by atoms with Crippen LogP contribution in [0.3, 0.4) is 0 Å². The molecule has 3 rings (SSSR count). The van der Waals surface area contributed by atoms with Gasteiger partial charge in [-0.3, -0.25) is 5.32 Å². The van der Waals surface area contributed by atoms with E-state index in [9.17, 15) is 4.79 Å². The van der Waals surface area contributed by atoms with Crippen molar-refractivity contribution in [3.8, 4) is 11.3 Å². The molecule has 0 spiro atoms. The van der Waals surface area contributed by atoms with Gasteiger partial charge in [-0.25, -0.2) is 9.48 Å². The van der Waals surface area contributed by atoms with Gasteiger partial charge >= 0.3 is 6.09 Å². The molecule has 3 aromatic rings. The van der Waals surface area contributed by atoms with E-state index in [1.165, 1.54) is 0 Å². The Balaban J connectivity index is 1.71. The molecule has 2 aromatic carbocycles. The molecule has 0 aliphatic rings. The van der Waals surface area contributed by atoms with Gasteiger partial charge in [-0.05, 0) is 38.5 Å². The quantitative estimate of drug-likeness (QED) is 0.760. The number of anilines is 1. The standard InChI is InChI=1S/C20H22N4O2/c1-20(2,3)26-19(25)21-17-11-7-10-16(12-17)18-14-24(23-22-18)13-15-8-5-4-6-9-15/h4-12,14H,13H2,1-3H3,(H,21,25). The molecule has 1 aromatic heterocycles. The monoisotopic (exact) mass is 350 g/mol. The van der Waals surface area contributed by atoms with Crippen molar-refractivity contribution in [2.75, 3.05) is 5.32 Å². The Morgan fingerprint density at radius 1 is 1.12 bits per heavy atom. The summed E-state index contributed by atoms with van der Waals surface area (Å²) in [4.78, 5) is 11.9. The Morgan fingerprint density at radius 3 is 2.62 bits per heavy atom. The number of carbonyl (C=O) groups is 1. The molecule has 6 nitrogen and oxygen atoms in total. The largest absolute Gasteiger partial charge is 0.444 e. The van der Waals surface area contributed by atoms with Crippen LogP contribution < -0.4 is 5.32 Å². The van der Waals surface area contributed by atoms with Crippen molar-refractivity contribution in [1.29, 1.82) is 0 Å². The van der Waals surface area contributed by atoms with Gasteiger partial charge < -0.3 is 4.74 Å². The maximum absolute atomic E-state index is 11.9. The average molecular weight is 350 g/mol. The summed E-state index contributed by atoms with van der Waals surface area (Å²) in [6, 6.07) is 17.5. The highest BCUT2D eigenvalue weighted by atomic mass is 16.6. The number of hydrogen-bond acceptors (Lipinski definition) is 4. The van der Waals surface area contributed by atoms with Crippen LogP contribution in [0.5, 0.6) is 0 Å². The second kappa shape index (κ2) is 7.39. The van der Waals surface area contributed by atoms with Gasteiger partial charge in [-0.15, -0.1) is 5.10 Å². The normalized spacial score (nSPS) is 11.2. The minimum Gasteiger partial charge on any atom is -0.444 e. The van der Waals surface area contributed by atoms with Gasteiger partial charge in [0.15, 0.2) is 0 Å². The van der Waals surface area contributed by atoms with Gasteiger partial charge in [-0.1, -0.05) is 47.7 Å². The second-order valence-electron chi connectivity index (χ2n) is 6.99. The molecule has 1 N–H and O–H groups in total. The van der Waals surface area contributed by atoms with E-state index in [-0.39, 0.29) is 0 Å². The van der Waals surface area contributed by atoms with E-state index in [1.54, 1.807) is 4.68 Å². The third kappa shape index (κ3) is 4.92. The maximum Gasteiger partial charge on any atom is 0.412 e. The Labute approximate surface area is 152 Å². The van der Waals surface area contributed by atoms with Crippen LogP contribution in [0.25, 0.3) is 11.3 Å². The van der Waals surface area contributed by atoms with Crippen molar-refractivity contribution in [3.63, 3.8) is 0 Å². The van der Waals surface area contributed by atoms with Crippen molar-refractivity contribution < 1.29 is 9.53 Å². The molecule has 0 atom stereocenters. The molecular weight excluding hydrogens is 328 g/mol. The highest BCUT2D eigenvalue weighted by Crippen LogP contribution is 2.21. The highest BCUT2D eigenvalue weighted by molar-refractivity contribution is 5.86. The third-order valence-electron chi connectivity index (χ3n) is 3.53. The van der Waals surface area contributed by atoms with E-state index < -0.39 is 11.7 Å². The van der Waals surface area contributed by atoms with Gasteiger partial charge in [0.05, 0.1) is 12.7 Å². The lowest BCUT2D eigenvalue weighted by Gasteiger charge is -2.19. The van der Waals surface area contributed by atoms with Gasteiger partial charge in [0.25, 0.3) is 0 Å². The van der Waals surface area contributed by atoms with Gasteiger partial charge in [0, 0.05) is 11.3 Å². The van der Waals surface area contributed by atoms with E-state index in [0.29, 0.717) is 12.2 Å². The first-order valence-corrected chi connectivity index (χ1v) is 8.43. The molecule has 0 fully saturated rings. The van der Waals surface area contributed by atoms with E-state index in [4.69, 9.17) is 4.74 Å². The number of carbonyl (C=O) groups excluding carboxylic acids is 1. The number of ether oxygens (including phenoxy) is 1. The lowest BCUT2D eigenvalue weighted by Crippen LogP contribution is -2.27. The van der Waals surface area contributed by atoms with Crippen LogP contribution in [0, 0.1) is 0 Å². The summed E-state index contributed by atoms with van der Waals surface area (Å²) in [5.74, 6) is 0. The molecule has 0 bridgehead atoms. The van der Waals surface area contributed by atoms with Crippen molar-refractivity contribution in [2.45, 2.75) is 32.9 Å². The molecule has 134 valence electrons. The minimum absolute atomic E-state index is 0.484. The van der Waals surface area contributed by atoms with Crippen LogP contribution in [-0.2, 0) is 11.3 Å². The first-order valence-electron chi connectivity index (χ1n) is 8.43. The predicted molar refractivity (Wildman–Crippen MR) is 101 cm³/mol. The zero-order valence-corrected chi connectivity index (χ0v) is 15.1. The van der Waals surface area contributed by atoms with Crippen molar-refractivity contribution in [2.24, 2.45) is 0 Å². The molecular formula is C20H22N4O2. The highest BCUT2D eigenvalue weighted by Gasteiger charge is 2.16. The van der Waals surface area contributed by atoms with Crippen LogP contribution in [0.2, 0.25) is 0 Å². The SMILES string of the molecule is CC(C)(C)OC(=O)Nc1cccc(-c2cn(Cc3ccccc3)nn2)c1. The molecule has 0 unspecified atom stereocenters.